The molecule has 0 saturated carbocycles. The van der Waals surface area contributed by atoms with E-state index >= 15 is 0 Å². The van der Waals surface area contributed by atoms with Gasteiger partial charge in [0.05, 0.1) is 24.9 Å². The van der Waals surface area contributed by atoms with Crippen molar-refractivity contribution in [2.75, 3.05) is 18.5 Å². The van der Waals surface area contributed by atoms with E-state index in [1.165, 1.54) is 6.33 Å². The fourth-order valence-electron chi connectivity index (χ4n) is 3.33. The smallest absolute Gasteiger partial charge is 0.230 e. The number of nitrogens with one attached hydrogen (secondary N) is 1. The van der Waals surface area contributed by atoms with E-state index in [-0.39, 0.29) is 6.10 Å². The summed E-state index contributed by atoms with van der Waals surface area (Å²) in [4.78, 5) is 12.9. The van der Waals surface area contributed by atoms with Crippen molar-refractivity contribution in [2.24, 2.45) is 0 Å². The van der Waals surface area contributed by atoms with Crippen molar-refractivity contribution >= 4 is 11.6 Å². The third kappa shape index (κ3) is 5.15. The van der Waals surface area contributed by atoms with Crippen LogP contribution in [0.4, 0.5) is 11.6 Å². The Bertz CT molecular complexity index is 1090. The number of anilines is 2. The van der Waals surface area contributed by atoms with Crippen LogP contribution >= 0.6 is 0 Å². The maximum atomic E-state index is 9.77. The molecule has 158 valence electrons. The molecule has 8 nitrogen and oxygen atoms in total. The molecule has 0 aliphatic carbocycles. The van der Waals surface area contributed by atoms with Crippen LogP contribution in [-0.4, -0.2) is 39.4 Å². The number of nitriles is 1. The molecule has 2 heterocycles. The van der Waals surface area contributed by atoms with Crippen LogP contribution in [0.2, 0.25) is 0 Å². The lowest BCUT2D eigenvalue weighted by molar-refractivity contribution is 0.0254. The summed E-state index contributed by atoms with van der Waals surface area (Å²) in [6.07, 6.45) is 2.53. The Morgan fingerprint density at radius 3 is 2.81 bits per heavy atom. The van der Waals surface area contributed by atoms with Gasteiger partial charge in [-0.2, -0.15) is 10.2 Å². The third-order valence-electron chi connectivity index (χ3n) is 5.02. The van der Waals surface area contributed by atoms with Crippen molar-refractivity contribution in [1.82, 2.24) is 15.0 Å². The first-order chi connectivity index (χ1) is 15.1. The Kier molecular flexibility index (Phi) is 6.36. The second-order valence-electron chi connectivity index (χ2n) is 7.31. The summed E-state index contributed by atoms with van der Waals surface area (Å²) in [5.41, 5.74) is 2.68. The van der Waals surface area contributed by atoms with Gasteiger partial charge in [-0.05, 0) is 42.8 Å². The number of aromatic nitrogens is 3. The van der Waals surface area contributed by atoms with Gasteiger partial charge in [0.15, 0.2) is 5.82 Å². The Morgan fingerprint density at radius 2 is 2.03 bits per heavy atom. The highest BCUT2D eigenvalue weighted by Gasteiger charge is 2.18. The zero-order valence-corrected chi connectivity index (χ0v) is 17.2. The minimum atomic E-state index is -0.568. The molecular formula is C23H23N5O3. The highest BCUT2D eigenvalue weighted by molar-refractivity contribution is 5.63. The van der Waals surface area contributed by atoms with Gasteiger partial charge in [-0.1, -0.05) is 12.1 Å². The summed E-state index contributed by atoms with van der Waals surface area (Å²) >= 11 is 0. The second-order valence-corrected chi connectivity index (χ2v) is 7.31. The standard InChI is InChI=1S/C23H23N5O3/c1-15(29)16-3-2-4-19(12-16)27-23-26-14-25-22(28-23)17-5-6-21(18(11-17)13-24)31-20-7-9-30-10-8-20/h2-6,11-12,14-15,20,29H,7-10H2,1H3,(H,25,26,27,28). The average Bonchev–Trinajstić information content (AvgIpc) is 2.80. The molecule has 3 aromatic rings. The minimum absolute atomic E-state index is 0.0529. The maximum absolute atomic E-state index is 9.77. The van der Waals surface area contributed by atoms with E-state index in [0.29, 0.717) is 41.9 Å². The van der Waals surface area contributed by atoms with Crippen LogP contribution < -0.4 is 10.1 Å². The SMILES string of the molecule is CC(O)c1cccc(Nc2ncnc(-c3ccc(OC4CCOCC4)c(C#N)c3)n2)c1. The molecule has 1 unspecified atom stereocenters. The van der Waals surface area contributed by atoms with Crippen molar-refractivity contribution in [3.8, 4) is 23.2 Å². The lowest BCUT2D eigenvalue weighted by Crippen LogP contribution is -2.26. The molecule has 0 amide bonds. The van der Waals surface area contributed by atoms with Gasteiger partial charge in [-0.15, -0.1) is 0 Å². The molecule has 31 heavy (non-hydrogen) atoms. The topological polar surface area (TPSA) is 113 Å². The molecule has 4 rings (SSSR count). The zero-order chi connectivity index (χ0) is 21.6. The quantitative estimate of drug-likeness (QED) is 0.623. The van der Waals surface area contributed by atoms with Crippen LogP contribution in [0.3, 0.4) is 0 Å². The van der Waals surface area contributed by atoms with Crippen LogP contribution in [0.15, 0.2) is 48.8 Å². The lowest BCUT2D eigenvalue weighted by atomic mass is 10.1. The Morgan fingerprint density at radius 1 is 1.19 bits per heavy atom. The molecule has 2 N–H and O–H groups in total. The first kappa shape index (κ1) is 20.7. The normalized spacial score (nSPS) is 15.1. The van der Waals surface area contributed by atoms with Gasteiger partial charge in [-0.25, -0.2) is 9.97 Å². The van der Waals surface area contributed by atoms with Crippen LogP contribution in [0.5, 0.6) is 5.75 Å². The van der Waals surface area contributed by atoms with Crippen LogP contribution in [0.1, 0.15) is 37.0 Å². The monoisotopic (exact) mass is 417 g/mol. The van der Waals surface area contributed by atoms with Crippen molar-refractivity contribution in [1.29, 1.82) is 5.26 Å². The number of hydrogen-bond acceptors (Lipinski definition) is 8. The van der Waals surface area contributed by atoms with Gasteiger partial charge in [0.25, 0.3) is 0 Å². The Hall–Kier alpha value is -3.54. The molecule has 1 aromatic heterocycles. The summed E-state index contributed by atoms with van der Waals surface area (Å²) in [6, 6.07) is 14.9. The summed E-state index contributed by atoms with van der Waals surface area (Å²) in [5.74, 6) is 1.37. The van der Waals surface area contributed by atoms with E-state index in [1.807, 2.05) is 30.3 Å². The predicted molar refractivity (Wildman–Crippen MR) is 115 cm³/mol. The highest BCUT2D eigenvalue weighted by Crippen LogP contribution is 2.27. The van der Waals surface area contributed by atoms with Crippen LogP contribution in [0.25, 0.3) is 11.4 Å². The highest BCUT2D eigenvalue weighted by atomic mass is 16.5. The molecule has 1 fully saturated rings. The van der Waals surface area contributed by atoms with Crippen molar-refractivity contribution in [3.63, 3.8) is 0 Å². The molecule has 1 atom stereocenters. The first-order valence-corrected chi connectivity index (χ1v) is 10.2. The fraction of sp³-hybridized carbons (Fsp3) is 0.304. The van der Waals surface area contributed by atoms with Gasteiger partial charge in [-0.3, -0.25) is 0 Å². The largest absolute Gasteiger partial charge is 0.489 e. The van der Waals surface area contributed by atoms with Gasteiger partial charge >= 0.3 is 0 Å². The molecule has 0 radical (unpaired) electrons. The fourth-order valence-corrected chi connectivity index (χ4v) is 3.33. The summed E-state index contributed by atoms with van der Waals surface area (Å²) < 4.78 is 11.4. The van der Waals surface area contributed by atoms with E-state index in [9.17, 15) is 10.4 Å². The number of nitrogens with zero attached hydrogens (tertiary/aromatic N) is 4. The number of rotatable bonds is 6. The Balaban J connectivity index is 1.54. The number of ether oxygens (including phenoxy) is 2. The summed E-state index contributed by atoms with van der Waals surface area (Å²) in [5, 5.41) is 22.5. The van der Waals surface area contributed by atoms with Gasteiger partial charge in [0, 0.05) is 24.1 Å². The second kappa shape index (κ2) is 9.51. The molecule has 1 aliphatic heterocycles. The van der Waals surface area contributed by atoms with Crippen molar-refractivity contribution < 1.29 is 14.6 Å². The van der Waals surface area contributed by atoms with E-state index in [1.54, 1.807) is 19.1 Å². The molecule has 1 aliphatic rings. The Labute approximate surface area is 180 Å². The molecule has 1 saturated heterocycles. The predicted octanol–water partition coefficient (Wildman–Crippen LogP) is 3.76. The summed E-state index contributed by atoms with van der Waals surface area (Å²) in [7, 11) is 0. The number of hydrogen-bond donors (Lipinski definition) is 2. The molecule has 0 spiro atoms. The molecule has 2 aromatic carbocycles. The maximum Gasteiger partial charge on any atom is 0.230 e. The molecule has 8 heteroatoms. The zero-order valence-electron chi connectivity index (χ0n) is 17.2. The van der Waals surface area contributed by atoms with Gasteiger partial charge in [0.2, 0.25) is 5.95 Å². The molecule has 0 bridgehead atoms. The average molecular weight is 417 g/mol. The van der Waals surface area contributed by atoms with Crippen molar-refractivity contribution in [2.45, 2.75) is 32.0 Å². The van der Waals surface area contributed by atoms with E-state index < -0.39 is 6.10 Å². The number of aliphatic hydroxyl groups is 1. The van der Waals surface area contributed by atoms with Crippen molar-refractivity contribution in [3.05, 3.63) is 59.9 Å². The summed E-state index contributed by atoms with van der Waals surface area (Å²) in [6.45, 7) is 3.05. The molecular weight excluding hydrogens is 394 g/mol. The number of aliphatic hydroxyl groups excluding tert-OH is 1. The number of benzene rings is 2. The lowest BCUT2D eigenvalue weighted by Gasteiger charge is -2.23. The van der Waals surface area contributed by atoms with E-state index in [4.69, 9.17) is 9.47 Å². The van der Waals surface area contributed by atoms with Gasteiger partial charge in [0.1, 0.15) is 24.3 Å². The third-order valence-corrected chi connectivity index (χ3v) is 5.02. The van der Waals surface area contributed by atoms with Crippen LogP contribution in [0, 0.1) is 11.3 Å². The van der Waals surface area contributed by atoms with E-state index in [2.05, 4.69) is 26.3 Å². The first-order valence-electron chi connectivity index (χ1n) is 10.2. The van der Waals surface area contributed by atoms with Crippen LogP contribution in [-0.2, 0) is 4.74 Å². The van der Waals surface area contributed by atoms with Gasteiger partial charge < -0.3 is 19.9 Å². The minimum Gasteiger partial charge on any atom is -0.489 e. The van der Waals surface area contributed by atoms with E-state index in [0.717, 1.165) is 24.1 Å².